The van der Waals surface area contributed by atoms with Crippen molar-refractivity contribution in [3.8, 4) is 23.7 Å². The van der Waals surface area contributed by atoms with Crippen molar-refractivity contribution in [3.05, 3.63) is 0 Å². The third-order valence-electron chi connectivity index (χ3n) is 2.14. The Morgan fingerprint density at radius 1 is 1.07 bits per heavy atom. The van der Waals surface area contributed by atoms with Crippen molar-refractivity contribution < 1.29 is 0 Å². The molecule has 1 fully saturated rings. The van der Waals surface area contributed by atoms with Crippen molar-refractivity contribution in [2.45, 2.75) is 12.8 Å². The van der Waals surface area contributed by atoms with Crippen molar-refractivity contribution in [1.29, 1.82) is 0 Å². The summed E-state index contributed by atoms with van der Waals surface area (Å²) in [4.78, 5) is 4.41. The fourth-order valence-corrected chi connectivity index (χ4v) is 1.38. The first-order chi connectivity index (χ1) is 6.79. The van der Waals surface area contributed by atoms with Gasteiger partial charge < -0.3 is 0 Å². The molecule has 0 aromatic heterocycles. The molecule has 0 aromatic carbocycles. The quantitative estimate of drug-likeness (QED) is 0.590. The molecule has 1 aliphatic heterocycles. The molecule has 0 bridgehead atoms. The largest absolute Gasteiger partial charge is 0.298 e. The fraction of sp³-hybridized carbons (Fsp3) is 0.667. The minimum absolute atomic E-state index is 0.790. The Balaban J connectivity index is 2.15. The van der Waals surface area contributed by atoms with Gasteiger partial charge in [0.25, 0.3) is 0 Å². The van der Waals surface area contributed by atoms with Crippen molar-refractivity contribution in [1.82, 2.24) is 9.80 Å². The molecule has 1 heterocycles. The van der Waals surface area contributed by atoms with E-state index >= 15 is 0 Å². The molecule has 2 nitrogen and oxygen atoms in total. The molecule has 76 valence electrons. The van der Waals surface area contributed by atoms with E-state index in [2.05, 4.69) is 28.6 Å². The Kier molecular flexibility index (Phi) is 5.15. The maximum Gasteiger partial charge on any atom is 0.0611 e. The molecule has 0 spiro atoms. The smallest absolute Gasteiger partial charge is 0.0611 e. The molecule has 0 aromatic rings. The summed E-state index contributed by atoms with van der Waals surface area (Å²) in [5.74, 6) is 11.8. The second kappa shape index (κ2) is 6.49. The van der Waals surface area contributed by atoms with Crippen molar-refractivity contribution in [2.24, 2.45) is 0 Å². The van der Waals surface area contributed by atoms with Crippen LogP contribution in [0.3, 0.4) is 0 Å². The van der Waals surface area contributed by atoms with Gasteiger partial charge in [-0.3, -0.25) is 9.80 Å². The highest BCUT2D eigenvalue weighted by molar-refractivity contribution is 5.26. The summed E-state index contributed by atoms with van der Waals surface area (Å²) in [6.45, 7) is 4.09. The van der Waals surface area contributed by atoms with Crippen LogP contribution in [-0.2, 0) is 0 Å². The van der Waals surface area contributed by atoms with Gasteiger partial charge in [0.2, 0.25) is 0 Å². The zero-order chi connectivity index (χ0) is 10.2. The average molecular weight is 190 g/mol. The lowest BCUT2D eigenvalue weighted by Crippen LogP contribution is -2.18. The van der Waals surface area contributed by atoms with Crippen LogP contribution in [0.1, 0.15) is 12.8 Å². The fourth-order valence-electron chi connectivity index (χ4n) is 1.38. The Labute approximate surface area is 87.3 Å². The summed E-state index contributed by atoms with van der Waals surface area (Å²) >= 11 is 0. The van der Waals surface area contributed by atoms with Crippen LogP contribution in [0.15, 0.2) is 0 Å². The second-order valence-corrected chi connectivity index (χ2v) is 3.82. The lowest BCUT2D eigenvalue weighted by atomic mass is 10.4. The third kappa shape index (κ3) is 4.92. The predicted octanol–water partition coefficient (Wildman–Crippen LogP) is 0.651. The normalized spacial score (nSPS) is 15.9. The maximum absolute atomic E-state index is 3.08. The summed E-state index contributed by atoms with van der Waals surface area (Å²) in [5.41, 5.74) is 0. The van der Waals surface area contributed by atoms with Crippen LogP contribution in [0.25, 0.3) is 0 Å². The van der Waals surface area contributed by atoms with E-state index in [1.54, 1.807) is 0 Å². The summed E-state index contributed by atoms with van der Waals surface area (Å²) in [6, 6.07) is 0. The Morgan fingerprint density at radius 2 is 1.71 bits per heavy atom. The van der Waals surface area contributed by atoms with E-state index < -0.39 is 0 Å². The zero-order valence-corrected chi connectivity index (χ0v) is 9.14. The van der Waals surface area contributed by atoms with Crippen molar-refractivity contribution in [3.63, 3.8) is 0 Å². The van der Waals surface area contributed by atoms with Crippen LogP contribution in [0.2, 0.25) is 0 Å². The molecule has 0 amide bonds. The number of hydrogen-bond donors (Lipinski definition) is 0. The first-order valence-corrected chi connectivity index (χ1v) is 5.12. The van der Waals surface area contributed by atoms with Crippen LogP contribution in [0.4, 0.5) is 0 Å². The molecule has 1 saturated heterocycles. The standard InChI is InChI=1S/C12H18N2/c1-13(2)9-5-3-4-6-10-14-11-7-8-12-14/h7-12H2,1-2H3. The van der Waals surface area contributed by atoms with Gasteiger partial charge in [0, 0.05) is 0 Å². The van der Waals surface area contributed by atoms with Gasteiger partial charge in [0.15, 0.2) is 0 Å². The minimum atomic E-state index is 0.790. The van der Waals surface area contributed by atoms with Crippen molar-refractivity contribution in [2.75, 3.05) is 40.3 Å². The van der Waals surface area contributed by atoms with Gasteiger partial charge in [-0.05, 0) is 51.9 Å². The molecule has 1 rings (SSSR count). The Morgan fingerprint density at radius 3 is 2.36 bits per heavy atom. The van der Waals surface area contributed by atoms with E-state index in [0.717, 1.165) is 13.1 Å². The van der Waals surface area contributed by atoms with Crippen LogP contribution in [0, 0.1) is 23.7 Å². The maximum atomic E-state index is 3.08. The second-order valence-electron chi connectivity index (χ2n) is 3.82. The van der Waals surface area contributed by atoms with Crippen molar-refractivity contribution >= 4 is 0 Å². The zero-order valence-electron chi connectivity index (χ0n) is 9.14. The van der Waals surface area contributed by atoms with Crippen LogP contribution in [0.5, 0.6) is 0 Å². The van der Waals surface area contributed by atoms with Crippen LogP contribution >= 0.6 is 0 Å². The van der Waals surface area contributed by atoms with Gasteiger partial charge in [-0.2, -0.15) is 0 Å². The lowest BCUT2D eigenvalue weighted by Gasteiger charge is -2.07. The van der Waals surface area contributed by atoms with Gasteiger partial charge in [-0.1, -0.05) is 11.8 Å². The lowest BCUT2D eigenvalue weighted by molar-refractivity contribution is 0.383. The Bertz CT molecular complexity index is 266. The summed E-state index contributed by atoms with van der Waals surface area (Å²) in [7, 11) is 4.01. The molecule has 0 N–H and O–H groups in total. The van der Waals surface area contributed by atoms with Crippen LogP contribution in [-0.4, -0.2) is 50.1 Å². The van der Waals surface area contributed by atoms with E-state index in [1.165, 1.54) is 25.9 Å². The summed E-state index contributed by atoms with van der Waals surface area (Å²) in [5, 5.41) is 0. The van der Waals surface area contributed by atoms with Gasteiger partial charge in [-0.25, -0.2) is 0 Å². The Hall–Kier alpha value is -0.960. The van der Waals surface area contributed by atoms with E-state index in [9.17, 15) is 0 Å². The number of rotatable bonds is 2. The average Bonchev–Trinajstić information content (AvgIpc) is 2.63. The van der Waals surface area contributed by atoms with E-state index in [1.807, 2.05) is 19.0 Å². The molecule has 0 aliphatic carbocycles. The molecule has 0 unspecified atom stereocenters. The van der Waals surface area contributed by atoms with E-state index in [4.69, 9.17) is 0 Å². The summed E-state index contributed by atoms with van der Waals surface area (Å²) < 4.78 is 0. The topological polar surface area (TPSA) is 6.48 Å². The van der Waals surface area contributed by atoms with Gasteiger partial charge in [-0.15, -0.1) is 0 Å². The third-order valence-corrected chi connectivity index (χ3v) is 2.14. The molecule has 0 radical (unpaired) electrons. The highest BCUT2D eigenvalue weighted by atomic mass is 15.1. The molecule has 2 heteroatoms. The van der Waals surface area contributed by atoms with E-state index in [0.29, 0.717) is 0 Å². The van der Waals surface area contributed by atoms with E-state index in [-0.39, 0.29) is 0 Å². The van der Waals surface area contributed by atoms with Gasteiger partial charge in [0.05, 0.1) is 13.1 Å². The molecular weight excluding hydrogens is 172 g/mol. The van der Waals surface area contributed by atoms with Crippen LogP contribution < -0.4 is 0 Å². The number of likely N-dealkylation sites (tertiary alicyclic amines) is 1. The van der Waals surface area contributed by atoms with Gasteiger partial charge >= 0.3 is 0 Å². The first-order valence-electron chi connectivity index (χ1n) is 5.12. The number of hydrogen-bond acceptors (Lipinski definition) is 2. The summed E-state index contributed by atoms with van der Waals surface area (Å²) in [6.07, 6.45) is 2.65. The predicted molar refractivity (Wildman–Crippen MR) is 59.8 cm³/mol. The molecule has 14 heavy (non-hydrogen) atoms. The monoisotopic (exact) mass is 190 g/mol. The minimum Gasteiger partial charge on any atom is -0.298 e. The highest BCUT2D eigenvalue weighted by Gasteiger charge is 2.08. The first kappa shape index (κ1) is 11.1. The SMILES string of the molecule is CN(C)CC#CC#CCN1CCCC1. The molecule has 0 atom stereocenters. The highest BCUT2D eigenvalue weighted by Crippen LogP contribution is 2.05. The number of nitrogens with zero attached hydrogens (tertiary/aromatic N) is 2. The van der Waals surface area contributed by atoms with Gasteiger partial charge in [0.1, 0.15) is 0 Å². The molecule has 1 aliphatic rings. The molecule has 0 saturated carbocycles. The molecular formula is C12H18N2.